The van der Waals surface area contributed by atoms with Gasteiger partial charge in [0.1, 0.15) is 10.5 Å². The van der Waals surface area contributed by atoms with Gasteiger partial charge in [0.2, 0.25) is 11.8 Å². The predicted molar refractivity (Wildman–Crippen MR) is 134 cm³/mol. The van der Waals surface area contributed by atoms with Crippen LogP contribution in [-0.2, 0) is 4.79 Å². The van der Waals surface area contributed by atoms with Crippen LogP contribution in [0.3, 0.4) is 0 Å². The third-order valence-corrected chi connectivity index (χ3v) is 5.91. The number of hydrogen-bond donors (Lipinski definition) is 1. The first-order valence-electron chi connectivity index (χ1n) is 10.8. The number of carbonyl (C=O) groups is 1. The summed E-state index contributed by atoms with van der Waals surface area (Å²) in [6.45, 7) is 4.34. The molecule has 4 aromatic rings. The molecule has 3 aromatic carbocycles. The number of nitro groups is 1. The highest BCUT2D eigenvalue weighted by Crippen LogP contribution is 2.29. The maximum Gasteiger partial charge on any atom is 0.288 e. The Balaban J connectivity index is 1.44. The number of benzene rings is 3. The Bertz CT molecular complexity index is 1390. The summed E-state index contributed by atoms with van der Waals surface area (Å²) in [5.41, 5.74) is 4.45. The smallest absolute Gasteiger partial charge is 0.288 e. The van der Waals surface area contributed by atoms with Crippen LogP contribution in [0.15, 0.2) is 71.2 Å². The van der Waals surface area contributed by atoms with Crippen LogP contribution in [0.2, 0.25) is 5.02 Å². The fourth-order valence-electron chi connectivity index (χ4n) is 3.44. The lowest BCUT2D eigenvalue weighted by Crippen LogP contribution is -2.07. The summed E-state index contributed by atoms with van der Waals surface area (Å²) in [6.07, 6.45) is 3.84. The van der Waals surface area contributed by atoms with Crippen molar-refractivity contribution in [1.82, 2.24) is 4.98 Å². The van der Waals surface area contributed by atoms with Crippen LogP contribution in [0.1, 0.15) is 37.3 Å². The van der Waals surface area contributed by atoms with Gasteiger partial charge in [-0.05, 0) is 72.0 Å². The monoisotopic (exact) mass is 475 g/mol. The molecule has 1 N–H and O–H groups in total. The summed E-state index contributed by atoms with van der Waals surface area (Å²) in [7, 11) is 0. The van der Waals surface area contributed by atoms with Gasteiger partial charge in [-0.2, -0.15) is 0 Å². The van der Waals surface area contributed by atoms with Crippen molar-refractivity contribution in [3.63, 3.8) is 0 Å². The first-order valence-corrected chi connectivity index (χ1v) is 11.2. The minimum atomic E-state index is -0.567. The molecule has 0 saturated carbocycles. The van der Waals surface area contributed by atoms with Crippen molar-refractivity contribution < 1.29 is 14.1 Å². The average molecular weight is 476 g/mol. The predicted octanol–water partition coefficient (Wildman–Crippen LogP) is 7.22. The Hall–Kier alpha value is -3.97. The summed E-state index contributed by atoms with van der Waals surface area (Å²) < 4.78 is 5.90. The van der Waals surface area contributed by atoms with Crippen LogP contribution in [0.25, 0.3) is 28.6 Å². The zero-order valence-corrected chi connectivity index (χ0v) is 19.4. The highest BCUT2D eigenvalue weighted by Gasteiger charge is 2.13. The molecule has 1 atom stereocenters. The molecule has 8 heteroatoms. The molecule has 0 fully saturated rings. The topological polar surface area (TPSA) is 98.3 Å². The second-order valence-electron chi connectivity index (χ2n) is 7.92. The molecule has 1 aromatic heterocycles. The van der Waals surface area contributed by atoms with Crippen molar-refractivity contribution in [2.45, 2.75) is 26.2 Å². The molecule has 0 aliphatic heterocycles. The van der Waals surface area contributed by atoms with E-state index < -0.39 is 4.92 Å². The van der Waals surface area contributed by atoms with E-state index in [1.54, 1.807) is 18.2 Å². The van der Waals surface area contributed by atoms with Crippen molar-refractivity contribution in [1.29, 1.82) is 0 Å². The van der Waals surface area contributed by atoms with Crippen LogP contribution < -0.4 is 5.32 Å². The summed E-state index contributed by atoms with van der Waals surface area (Å²) in [6, 6.07) is 17.6. The van der Waals surface area contributed by atoms with Crippen LogP contribution in [0.4, 0.5) is 11.4 Å². The number of oxazole rings is 1. The standard InChI is InChI=1S/C26H22ClN3O4/c1-3-16(2)19-8-12-24-22(15-19)29-26(34-24)18-6-9-20(10-7-18)28-25(31)13-5-17-4-11-21(27)23(14-17)30(32)33/h4-16H,3H2,1-2H3,(H,28,31)/b13-5+/t16-/m0/s1. The van der Waals surface area contributed by atoms with Crippen molar-refractivity contribution in [2.75, 3.05) is 5.32 Å². The molecule has 1 heterocycles. The Kier molecular flexibility index (Phi) is 6.75. The van der Waals surface area contributed by atoms with Crippen molar-refractivity contribution in [3.05, 3.63) is 93.0 Å². The number of nitrogens with zero attached hydrogens (tertiary/aromatic N) is 2. The Labute approximate surface area is 201 Å². The summed E-state index contributed by atoms with van der Waals surface area (Å²) in [5.74, 6) is 0.597. The number of hydrogen-bond acceptors (Lipinski definition) is 5. The largest absolute Gasteiger partial charge is 0.436 e. The molecule has 7 nitrogen and oxygen atoms in total. The maximum absolute atomic E-state index is 12.3. The SMILES string of the molecule is CC[C@H](C)c1ccc2oc(-c3ccc(NC(=O)/C=C/c4ccc(Cl)c([N+](=O)[O-])c4)cc3)nc2c1. The molecular formula is C26H22ClN3O4. The number of rotatable bonds is 7. The zero-order chi connectivity index (χ0) is 24.2. The highest BCUT2D eigenvalue weighted by molar-refractivity contribution is 6.32. The molecule has 34 heavy (non-hydrogen) atoms. The van der Waals surface area contributed by atoms with E-state index in [1.165, 1.54) is 29.8 Å². The second kappa shape index (κ2) is 9.89. The van der Waals surface area contributed by atoms with Gasteiger partial charge in [-0.15, -0.1) is 0 Å². The third-order valence-electron chi connectivity index (χ3n) is 5.59. The van der Waals surface area contributed by atoms with Gasteiger partial charge >= 0.3 is 0 Å². The van der Waals surface area contributed by atoms with Crippen LogP contribution in [-0.4, -0.2) is 15.8 Å². The molecule has 4 rings (SSSR count). The Morgan fingerprint density at radius 2 is 1.94 bits per heavy atom. The van der Waals surface area contributed by atoms with Gasteiger partial charge in [0, 0.05) is 23.4 Å². The number of nitrogens with one attached hydrogen (secondary N) is 1. The molecular weight excluding hydrogens is 454 g/mol. The second-order valence-corrected chi connectivity index (χ2v) is 8.33. The minimum absolute atomic E-state index is 0.0431. The summed E-state index contributed by atoms with van der Waals surface area (Å²) in [4.78, 5) is 27.3. The lowest BCUT2D eigenvalue weighted by atomic mass is 9.98. The molecule has 0 saturated heterocycles. The van der Waals surface area contributed by atoms with Gasteiger partial charge in [-0.1, -0.05) is 37.6 Å². The lowest BCUT2D eigenvalue weighted by molar-refractivity contribution is -0.384. The summed E-state index contributed by atoms with van der Waals surface area (Å²) >= 11 is 5.81. The zero-order valence-electron chi connectivity index (χ0n) is 18.6. The fraction of sp³-hybridized carbons (Fsp3) is 0.154. The number of carbonyl (C=O) groups excluding carboxylic acids is 1. The van der Waals surface area contributed by atoms with E-state index in [-0.39, 0.29) is 16.6 Å². The van der Waals surface area contributed by atoms with Crippen LogP contribution in [0.5, 0.6) is 0 Å². The van der Waals surface area contributed by atoms with Gasteiger partial charge in [0.25, 0.3) is 5.69 Å². The quantitative estimate of drug-likeness (QED) is 0.173. The molecule has 0 radical (unpaired) electrons. The average Bonchev–Trinajstić information content (AvgIpc) is 3.26. The van der Waals surface area contributed by atoms with Crippen LogP contribution >= 0.6 is 11.6 Å². The van der Waals surface area contributed by atoms with Crippen LogP contribution in [0, 0.1) is 10.1 Å². The minimum Gasteiger partial charge on any atom is -0.436 e. The fourth-order valence-corrected chi connectivity index (χ4v) is 3.62. The van der Waals surface area contributed by atoms with Crippen molar-refractivity contribution in [2.24, 2.45) is 0 Å². The van der Waals surface area contributed by atoms with Crippen molar-refractivity contribution in [3.8, 4) is 11.5 Å². The molecule has 0 unspecified atom stereocenters. The van der Waals surface area contributed by atoms with E-state index in [1.807, 2.05) is 18.2 Å². The Morgan fingerprint density at radius 1 is 1.18 bits per heavy atom. The highest BCUT2D eigenvalue weighted by atomic mass is 35.5. The number of fused-ring (bicyclic) bond motifs is 1. The number of aromatic nitrogens is 1. The van der Waals surface area contributed by atoms with Crippen molar-refractivity contribution >= 4 is 46.1 Å². The normalized spacial score (nSPS) is 12.2. The number of nitro benzene ring substituents is 1. The number of anilines is 1. The van der Waals surface area contributed by atoms with Gasteiger partial charge in [0.15, 0.2) is 5.58 Å². The van der Waals surface area contributed by atoms with E-state index in [9.17, 15) is 14.9 Å². The lowest BCUT2D eigenvalue weighted by Gasteiger charge is -2.07. The molecule has 0 spiro atoms. The molecule has 1 amide bonds. The molecule has 0 aliphatic rings. The van der Waals surface area contributed by atoms with E-state index in [2.05, 4.69) is 36.3 Å². The number of amides is 1. The van der Waals surface area contributed by atoms with E-state index in [0.717, 1.165) is 23.1 Å². The molecule has 172 valence electrons. The van der Waals surface area contributed by atoms with Gasteiger partial charge in [0.05, 0.1) is 4.92 Å². The van der Waals surface area contributed by atoms with E-state index in [4.69, 9.17) is 16.0 Å². The summed E-state index contributed by atoms with van der Waals surface area (Å²) in [5, 5.41) is 13.8. The number of halogens is 1. The molecule has 0 aliphatic carbocycles. The Morgan fingerprint density at radius 3 is 2.65 bits per heavy atom. The van der Waals surface area contributed by atoms with Gasteiger partial charge in [-0.25, -0.2) is 4.98 Å². The first kappa shape index (κ1) is 23.2. The third kappa shape index (κ3) is 5.15. The maximum atomic E-state index is 12.3. The van der Waals surface area contributed by atoms with E-state index >= 15 is 0 Å². The van der Waals surface area contributed by atoms with Gasteiger partial charge < -0.3 is 9.73 Å². The first-order chi connectivity index (χ1) is 16.3. The molecule has 0 bridgehead atoms. The van der Waals surface area contributed by atoms with E-state index in [0.29, 0.717) is 23.1 Å². The van der Waals surface area contributed by atoms with Gasteiger partial charge in [-0.3, -0.25) is 14.9 Å².